The van der Waals surface area contributed by atoms with Crippen molar-refractivity contribution >= 4 is 32.8 Å². The van der Waals surface area contributed by atoms with Gasteiger partial charge in [-0.05, 0) is 99.1 Å². The number of benzene rings is 7. The minimum atomic E-state index is -0.0677. The van der Waals surface area contributed by atoms with E-state index >= 15 is 0 Å². The fourth-order valence-corrected chi connectivity index (χ4v) is 8.79. The molecular formula is C52H35N3O. The second kappa shape index (κ2) is 12.4. The van der Waals surface area contributed by atoms with Crippen molar-refractivity contribution in [1.82, 2.24) is 15.0 Å². The molecule has 0 saturated carbocycles. The van der Waals surface area contributed by atoms with Crippen LogP contribution in [0.3, 0.4) is 0 Å². The Morgan fingerprint density at radius 3 is 2.05 bits per heavy atom. The highest BCUT2D eigenvalue weighted by molar-refractivity contribution is 6.12. The van der Waals surface area contributed by atoms with Gasteiger partial charge < -0.3 is 4.42 Å². The molecule has 11 rings (SSSR count). The van der Waals surface area contributed by atoms with Gasteiger partial charge in [0.2, 0.25) is 0 Å². The van der Waals surface area contributed by atoms with Gasteiger partial charge in [0.25, 0.3) is 0 Å². The average molecular weight is 718 g/mol. The monoisotopic (exact) mass is 717 g/mol. The summed E-state index contributed by atoms with van der Waals surface area (Å²) in [5, 5.41) is 3.22. The lowest BCUT2D eigenvalue weighted by atomic mass is 9.82. The van der Waals surface area contributed by atoms with E-state index in [-0.39, 0.29) is 5.41 Å². The van der Waals surface area contributed by atoms with Gasteiger partial charge in [0.1, 0.15) is 11.2 Å². The first-order valence-corrected chi connectivity index (χ1v) is 19.1. The summed E-state index contributed by atoms with van der Waals surface area (Å²) >= 11 is 0. The summed E-state index contributed by atoms with van der Waals surface area (Å²) in [5.41, 5.74) is 17.0. The number of aromatic nitrogens is 3. The number of furan rings is 1. The number of pyridine rings is 1. The van der Waals surface area contributed by atoms with Crippen LogP contribution in [0.4, 0.5) is 0 Å². The standard InChI is InChI=1S/C52H35N3O/c1-52(2)43-20-8-6-15-38(43)42-30-33(24-25-44(42)52)34-27-35(37-17-10-21-45-39(37)19-12-26-53-45)29-36(28-34)46-31-47(55-51(54-46)32-13-4-3-5-14-32)40-18-11-23-49-50(40)41-16-7-9-22-48(41)56-49/h3-31H,1-2H3. The third-order valence-corrected chi connectivity index (χ3v) is 11.5. The molecule has 0 spiro atoms. The maximum absolute atomic E-state index is 6.33. The fraction of sp³-hybridized carbons (Fsp3) is 0.0577. The van der Waals surface area contributed by atoms with Crippen LogP contribution in [-0.4, -0.2) is 15.0 Å². The molecule has 4 nitrogen and oxygen atoms in total. The first kappa shape index (κ1) is 32.3. The number of rotatable bonds is 5. The van der Waals surface area contributed by atoms with Crippen molar-refractivity contribution < 1.29 is 4.42 Å². The van der Waals surface area contributed by atoms with Crippen LogP contribution in [0.15, 0.2) is 180 Å². The molecule has 0 fully saturated rings. The first-order chi connectivity index (χ1) is 27.5. The normalized spacial score (nSPS) is 13.0. The fourth-order valence-electron chi connectivity index (χ4n) is 8.79. The quantitative estimate of drug-likeness (QED) is 0.178. The summed E-state index contributed by atoms with van der Waals surface area (Å²) in [5.74, 6) is 0.667. The summed E-state index contributed by atoms with van der Waals surface area (Å²) in [7, 11) is 0. The smallest absolute Gasteiger partial charge is 0.160 e. The lowest BCUT2D eigenvalue weighted by Gasteiger charge is -2.21. The zero-order valence-electron chi connectivity index (χ0n) is 31.0. The summed E-state index contributed by atoms with van der Waals surface area (Å²) in [6.07, 6.45) is 1.86. The van der Waals surface area contributed by atoms with Crippen LogP contribution >= 0.6 is 0 Å². The largest absolute Gasteiger partial charge is 0.456 e. The third kappa shape index (κ3) is 5.10. The summed E-state index contributed by atoms with van der Waals surface area (Å²) in [4.78, 5) is 15.3. The molecule has 56 heavy (non-hydrogen) atoms. The number of hydrogen-bond donors (Lipinski definition) is 0. The van der Waals surface area contributed by atoms with E-state index in [1.807, 2.05) is 54.7 Å². The molecule has 0 aliphatic heterocycles. The Morgan fingerprint density at radius 2 is 1.12 bits per heavy atom. The number of para-hydroxylation sites is 1. The Labute approximate surface area is 324 Å². The summed E-state index contributed by atoms with van der Waals surface area (Å²) < 4.78 is 6.33. The second-order valence-electron chi connectivity index (χ2n) is 15.2. The maximum atomic E-state index is 6.33. The molecule has 264 valence electrons. The molecule has 4 heteroatoms. The average Bonchev–Trinajstić information content (AvgIpc) is 3.75. The molecule has 0 unspecified atom stereocenters. The molecule has 0 amide bonds. The van der Waals surface area contributed by atoms with E-state index in [9.17, 15) is 0 Å². The van der Waals surface area contributed by atoms with Gasteiger partial charge >= 0.3 is 0 Å². The first-order valence-electron chi connectivity index (χ1n) is 19.1. The van der Waals surface area contributed by atoms with E-state index in [4.69, 9.17) is 19.4 Å². The van der Waals surface area contributed by atoms with E-state index in [0.717, 1.165) is 83.2 Å². The van der Waals surface area contributed by atoms with Gasteiger partial charge in [-0.2, -0.15) is 0 Å². The van der Waals surface area contributed by atoms with Crippen molar-refractivity contribution in [3.05, 3.63) is 187 Å². The SMILES string of the molecule is CC1(C)c2ccccc2-c2cc(-c3cc(-c4cc(-c5cccc6oc7ccccc7c56)nc(-c5ccccc5)n4)cc(-c4cccc5ncccc45)c3)ccc21. The van der Waals surface area contributed by atoms with Gasteiger partial charge in [0.15, 0.2) is 5.82 Å². The number of nitrogens with zero attached hydrogens (tertiary/aromatic N) is 3. The Balaban J connectivity index is 1.17. The molecule has 1 aliphatic rings. The van der Waals surface area contributed by atoms with Gasteiger partial charge in [0.05, 0.1) is 16.9 Å². The second-order valence-corrected chi connectivity index (χ2v) is 15.2. The Kier molecular flexibility index (Phi) is 7.17. The molecule has 0 bridgehead atoms. The third-order valence-electron chi connectivity index (χ3n) is 11.5. The molecule has 1 aliphatic carbocycles. The highest BCUT2D eigenvalue weighted by atomic mass is 16.3. The topological polar surface area (TPSA) is 51.8 Å². The zero-order chi connectivity index (χ0) is 37.4. The lowest BCUT2D eigenvalue weighted by Crippen LogP contribution is -2.14. The van der Waals surface area contributed by atoms with E-state index in [1.54, 1.807) is 0 Å². The minimum Gasteiger partial charge on any atom is -0.456 e. The molecule has 3 aromatic heterocycles. The Bertz CT molecular complexity index is 3170. The number of hydrogen-bond acceptors (Lipinski definition) is 4. The van der Waals surface area contributed by atoms with Crippen molar-refractivity contribution in [1.29, 1.82) is 0 Å². The van der Waals surface area contributed by atoms with Crippen LogP contribution in [0.2, 0.25) is 0 Å². The number of fused-ring (bicyclic) bond motifs is 7. The van der Waals surface area contributed by atoms with Crippen LogP contribution < -0.4 is 0 Å². The van der Waals surface area contributed by atoms with Gasteiger partial charge in [-0.15, -0.1) is 0 Å². The molecule has 0 saturated heterocycles. The van der Waals surface area contributed by atoms with Crippen LogP contribution in [0.1, 0.15) is 25.0 Å². The van der Waals surface area contributed by atoms with Gasteiger partial charge in [0, 0.05) is 44.5 Å². The lowest BCUT2D eigenvalue weighted by molar-refractivity contribution is 0.660. The van der Waals surface area contributed by atoms with E-state index < -0.39 is 0 Å². The van der Waals surface area contributed by atoms with Crippen molar-refractivity contribution in [3.8, 4) is 67.3 Å². The van der Waals surface area contributed by atoms with Crippen LogP contribution in [0, 0.1) is 0 Å². The van der Waals surface area contributed by atoms with Crippen LogP contribution in [-0.2, 0) is 5.41 Å². The van der Waals surface area contributed by atoms with Crippen molar-refractivity contribution in [2.45, 2.75) is 19.3 Å². The Morgan fingerprint density at radius 1 is 0.429 bits per heavy atom. The van der Waals surface area contributed by atoms with E-state index in [0.29, 0.717) is 5.82 Å². The van der Waals surface area contributed by atoms with Gasteiger partial charge in [-0.1, -0.05) is 129 Å². The van der Waals surface area contributed by atoms with Crippen molar-refractivity contribution in [3.63, 3.8) is 0 Å². The van der Waals surface area contributed by atoms with Gasteiger partial charge in [-0.25, -0.2) is 9.97 Å². The van der Waals surface area contributed by atoms with Gasteiger partial charge in [-0.3, -0.25) is 4.98 Å². The van der Waals surface area contributed by atoms with E-state index in [2.05, 4.69) is 135 Å². The van der Waals surface area contributed by atoms with Crippen LogP contribution in [0.5, 0.6) is 0 Å². The highest BCUT2D eigenvalue weighted by Crippen LogP contribution is 2.50. The van der Waals surface area contributed by atoms with Crippen molar-refractivity contribution in [2.24, 2.45) is 0 Å². The highest BCUT2D eigenvalue weighted by Gasteiger charge is 2.35. The predicted octanol–water partition coefficient (Wildman–Crippen LogP) is 13.6. The molecule has 3 heterocycles. The molecular weight excluding hydrogens is 683 g/mol. The zero-order valence-corrected chi connectivity index (χ0v) is 31.0. The predicted molar refractivity (Wildman–Crippen MR) is 229 cm³/mol. The molecule has 0 N–H and O–H groups in total. The summed E-state index contributed by atoms with van der Waals surface area (Å²) in [6, 6.07) is 60.0. The molecule has 0 atom stereocenters. The molecule has 10 aromatic rings. The Hall–Kier alpha value is -7.17. The van der Waals surface area contributed by atoms with E-state index in [1.165, 1.54) is 22.3 Å². The minimum absolute atomic E-state index is 0.0677. The molecule has 7 aromatic carbocycles. The van der Waals surface area contributed by atoms with Crippen molar-refractivity contribution in [2.75, 3.05) is 0 Å². The molecule has 0 radical (unpaired) electrons. The van der Waals surface area contributed by atoms with Crippen LogP contribution in [0.25, 0.3) is 100 Å². The maximum Gasteiger partial charge on any atom is 0.160 e. The summed E-state index contributed by atoms with van der Waals surface area (Å²) in [6.45, 7) is 4.66.